The van der Waals surface area contributed by atoms with Gasteiger partial charge in [-0.15, -0.1) is 0 Å². The molecule has 0 aromatic heterocycles. The first kappa shape index (κ1) is 28.5. The summed E-state index contributed by atoms with van der Waals surface area (Å²) in [5.74, 6) is -1.47. The Balaban J connectivity index is 1.67. The van der Waals surface area contributed by atoms with Gasteiger partial charge in [0.05, 0.1) is 23.0 Å². The number of anilines is 2. The fraction of sp³-hybridized carbons (Fsp3) is 0.462. The molecule has 0 spiro atoms. The third kappa shape index (κ3) is 6.23. The fourth-order valence-electron chi connectivity index (χ4n) is 4.14. The van der Waals surface area contributed by atoms with Gasteiger partial charge in [0.25, 0.3) is 10.0 Å². The number of benzene rings is 2. The predicted octanol–water partition coefficient (Wildman–Crippen LogP) is 5.52. The lowest BCUT2D eigenvalue weighted by Crippen LogP contribution is -2.45. The van der Waals surface area contributed by atoms with Crippen LogP contribution in [-0.4, -0.2) is 50.0 Å². The maximum atomic E-state index is 13.9. The molecule has 9 nitrogen and oxygen atoms in total. The van der Waals surface area contributed by atoms with Crippen LogP contribution < -0.4 is 14.4 Å². The molecule has 0 unspecified atom stereocenters. The van der Waals surface area contributed by atoms with Gasteiger partial charge in [-0.3, -0.25) is 14.4 Å². The lowest BCUT2D eigenvalue weighted by Gasteiger charge is -2.36. The van der Waals surface area contributed by atoms with E-state index in [0.717, 1.165) is 22.7 Å². The van der Waals surface area contributed by atoms with Gasteiger partial charge in [0, 0.05) is 5.69 Å². The van der Waals surface area contributed by atoms with E-state index in [1.165, 1.54) is 31.2 Å². The second-order valence-corrected chi connectivity index (χ2v) is 12.2. The molecule has 2 aromatic carbocycles. The molecule has 1 amide bonds. The molecule has 1 aliphatic heterocycles. The summed E-state index contributed by atoms with van der Waals surface area (Å²) in [6.45, 7) is 2.68. The van der Waals surface area contributed by atoms with E-state index in [2.05, 4.69) is 10.1 Å². The number of hydrogen-bond acceptors (Lipinski definition) is 6. The van der Waals surface area contributed by atoms with Crippen molar-refractivity contribution in [1.29, 1.82) is 0 Å². The number of carbonyl (C=O) groups is 2. The van der Waals surface area contributed by atoms with Crippen LogP contribution in [0.15, 0.2) is 47.4 Å². The van der Waals surface area contributed by atoms with Crippen molar-refractivity contribution in [2.24, 2.45) is 5.92 Å². The highest BCUT2D eigenvalue weighted by Gasteiger charge is 2.51. The molecule has 4 rings (SSSR count). The molecule has 2 N–H and O–H groups in total. The van der Waals surface area contributed by atoms with E-state index in [1.807, 2.05) is 6.07 Å². The highest BCUT2D eigenvalue weighted by Crippen LogP contribution is 2.43. The van der Waals surface area contributed by atoms with Crippen LogP contribution in [0.1, 0.15) is 51.5 Å². The second kappa shape index (κ2) is 10.2. The highest BCUT2D eigenvalue weighted by molar-refractivity contribution is 7.92. The molecule has 1 saturated carbocycles. The van der Waals surface area contributed by atoms with Crippen LogP contribution in [0.5, 0.6) is 5.75 Å². The molecule has 2 atom stereocenters. The van der Waals surface area contributed by atoms with Crippen LogP contribution in [0.3, 0.4) is 0 Å². The monoisotopic (exact) mass is 570 g/mol. The molecule has 0 bridgehead atoms. The Hall–Kier alpha value is -3.48. The number of carboxylic acid groups (broad SMARTS) is 1. The van der Waals surface area contributed by atoms with E-state index < -0.39 is 45.9 Å². The largest absolute Gasteiger partial charge is 0.486 e. The number of nitrogens with one attached hydrogen (secondary N) is 1. The third-order valence-electron chi connectivity index (χ3n) is 6.70. The first-order valence-corrected chi connectivity index (χ1v) is 13.8. The average molecular weight is 571 g/mol. The quantitative estimate of drug-likeness (QED) is 0.429. The summed E-state index contributed by atoms with van der Waals surface area (Å²) in [5, 5.41) is 11.5. The third-order valence-corrected chi connectivity index (χ3v) is 8.48. The summed E-state index contributed by atoms with van der Waals surface area (Å²) in [4.78, 5) is 23.7. The molecule has 2 aliphatic rings. The van der Waals surface area contributed by atoms with E-state index >= 15 is 0 Å². The first-order valence-electron chi connectivity index (χ1n) is 12.3. The molecular formula is C26H29F3N2O7S. The number of aliphatic carboxylic acids is 1. The summed E-state index contributed by atoms with van der Waals surface area (Å²) in [6, 6.07) is 10.5. The zero-order chi connectivity index (χ0) is 28.8. The molecule has 0 saturated heterocycles. The molecule has 13 heteroatoms. The van der Waals surface area contributed by atoms with Crippen molar-refractivity contribution in [3.8, 4) is 5.75 Å². The predicted molar refractivity (Wildman–Crippen MR) is 135 cm³/mol. The van der Waals surface area contributed by atoms with Gasteiger partial charge in [0.15, 0.2) is 0 Å². The Bertz CT molecular complexity index is 1370. The lowest BCUT2D eigenvalue weighted by atomic mass is 10.0. The summed E-state index contributed by atoms with van der Waals surface area (Å²) in [7, 11) is -4.17. The number of halogens is 3. The molecule has 1 fully saturated rings. The molecule has 1 aliphatic carbocycles. The molecular weight excluding hydrogens is 541 g/mol. The summed E-state index contributed by atoms with van der Waals surface area (Å²) < 4.78 is 78.6. The number of alkyl halides is 3. The van der Waals surface area contributed by atoms with Crippen LogP contribution in [0.25, 0.3) is 0 Å². The number of nitrogens with zero attached hydrogens (tertiary/aromatic N) is 1. The van der Waals surface area contributed by atoms with Crippen LogP contribution in [0, 0.1) is 5.92 Å². The van der Waals surface area contributed by atoms with Crippen molar-refractivity contribution in [3.63, 3.8) is 0 Å². The number of rotatable bonds is 8. The Labute approximate surface area is 223 Å². The zero-order valence-corrected chi connectivity index (χ0v) is 22.3. The van der Waals surface area contributed by atoms with Gasteiger partial charge < -0.3 is 14.6 Å². The molecule has 39 heavy (non-hydrogen) atoms. The lowest BCUT2D eigenvalue weighted by molar-refractivity contribution is -0.242. The van der Waals surface area contributed by atoms with Crippen molar-refractivity contribution in [2.75, 3.05) is 16.2 Å². The zero-order valence-electron chi connectivity index (χ0n) is 21.5. The summed E-state index contributed by atoms with van der Waals surface area (Å²) >= 11 is 0. The number of fused-ring (bicyclic) bond motifs is 1. The van der Waals surface area contributed by atoms with Gasteiger partial charge in [0.1, 0.15) is 11.9 Å². The minimum absolute atomic E-state index is 0.0235. The van der Waals surface area contributed by atoms with E-state index in [4.69, 9.17) is 4.74 Å². The molecule has 0 radical (unpaired) electrons. The van der Waals surface area contributed by atoms with Crippen molar-refractivity contribution < 1.29 is 45.8 Å². The molecule has 1 heterocycles. The van der Waals surface area contributed by atoms with Crippen molar-refractivity contribution in [2.45, 2.75) is 68.7 Å². The normalized spacial score (nSPS) is 18.5. The van der Waals surface area contributed by atoms with Gasteiger partial charge in [-0.25, -0.2) is 13.2 Å². The van der Waals surface area contributed by atoms with Gasteiger partial charge >= 0.3 is 18.2 Å². The number of carbonyl (C=O) groups excluding carboxylic acids is 1. The maximum Gasteiger partial charge on any atom is 0.427 e. The highest BCUT2D eigenvalue weighted by atomic mass is 32.2. The average Bonchev–Trinajstić information content (AvgIpc) is 3.68. The Kier molecular flexibility index (Phi) is 7.50. The number of carboxylic acids is 1. The van der Waals surface area contributed by atoms with E-state index in [0.29, 0.717) is 19.8 Å². The SMILES string of the molecule is C[C@H](C[C@H]1CN(S(=O)(=O)c2cccc(C3CC3)c2)c2cc(NC(=O)OC(C)(C)C(F)(F)F)ccc2O1)C(=O)O. The summed E-state index contributed by atoms with van der Waals surface area (Å²) in [6.07, 6.45) is -5.02. The van der Waals surface area contributed by atoms with E-state index in [-0.39, 0.29) is 35.0 Å². The standard InChI is InChI=1S/C26H29F3N2O7S/c1-15(23(32)33)11-19-14-31(39(35,36)20-6-4-5-17(12-20)16-7-8-16)21-13-18(9-10-22(21)37-19)30-24(34)38-25(2,3)26(27,28)29/h4-6,9-10,12-13,15-16,19H,7-8,11,14H2,1-3H3,(H,30,34)(H,32,33)/t15-,19+/m1/s1. The minimum atomic E-state index is -4.81. The van der Waals surface area contributed by atoms with Gasteiger partial charge in [-0.05, 0) is 74.9 Å². The van der Waals surface area contributed by atoms with Crippen molar-refractivity contribution >= 4 is 33.5 Å². The number of sulfonamides is 1. The number of ether oxygens (including phenoxy) is 2. The minimum Gasteiger partial charge on any atom is -0.486 e. The van der Waals surface area contributed by atoms with Crippen LogP contribution in [0.4, 0.5) is 29.3 Å². The smallest absolute Gasteiger partial charge is 0.427 e. The van der Waals surface area contributed by atoms with Crippen molar-refractivity contribution in [3.05, 3.63) is 48.0 Å². The van der Waals surface area contributed by atoms with Crippen LogP contribution >= 0.6 is 0 Å². The van der Waals surface area contributed by atoms with Crippen LogP contribution in [-0.2, 0) is 19.6 Å². The van der Waals surface area contributed by atoms with E-state index in [1.54, 1.807) is 12.1 Å². The van der Waals surface area contributed by atoms with Crippen LogP contribution in [0.2, 0.25) is 0 Å². The Morgan fingerprint density at radius 1 is 1.18 bits per heavy atom. The maximum absolute atomic E-state index is 13.9. The molecule has 2 aromatic rings. The number of hydrogen-bond donors (Lipinski definition) is 2. The van der Waals surface area contributed by atoms with Gasteiger partial charge in [-0.1, -0.05) is 19.1 Å². The van der Waals surface area contributed by atoms with Gasteiger partial charge in [-0.2, -0.15) is 13.2 Å². The van der Waals surface area contributed by atoms with Gasteiger partial charge in [0.2, 0.25) is 5.60 Å². The fourth-order valence-corrected chi connectivity index (χ4v) is 5.70. The Morgan fingerprint density at radius 3 is 2.49 bits per heavy atom. The topological polar surface area (TPSA) is 122 Å². The number of amides is 1. The Morgan fingerprint density at radius 2 is 1.87 bits per heavy atom. The summed E-state index contributed by atoms with van der Waals surface area (Å²) in [5.41, 5.74) is -1.85. The molecule has 212 valence electrons. The van der Waals surface area contributed by atoms with E-state index in [9.17, 15) is 36.3 Å². The second-order valence-electron chi connectivity index (χ2n) is 10.3. The first-order chi connectivity index (χ1) is 18.1. The van der Waals surface area contributed by atoms with Crippen molar-refractivity contribution in [1.82, 2.24) is 0 Å².